The van der Waals surface area contributed by atoms with Crippen LogP contribution in [0.1, 0.15) is 21.7 Å². The summed E-state index contributed by atoms with van der Waals surface area (Å²) in [4.78, 5) is 19.7. The summed E-state index contributed by atoms with van der Waals surface area (Å²) in [5.74, 6) is 0.676. The number of rotatable bonds is 3. The zero-order valence-corrected chi connectivity index (χ0v) is 11.6. The molecule has 3 N–H and O–H groups in total. The zero-order valence-electron chi connectivity index (χ0n) is 11.6. The van der Waals surface area contributed by atoms with Crippen LogP contribution in [0.4, 0.5) is 0 Å². The molecule has 3 aromatic rings. The number of benzene rings is 2. The number of phenols is 1. The van der Waals surface area contributed by atoms with Gasteiger partial charge in [0.2, 0.25) is 0 Å². The summed E-state index contributed by atoms with van der Waals surface area (Å²) < 4.78 is 0. The average Bonchev–Trinajstić information content (AvgIpc) is 2.87. The lowest BCUT2D eigenvalue weighted by Gasteiger charge is -2.06. The van der Waals surface area contributed by atoms with Crippen molar-refractivity contribution < 1.29 is 9.90 Å². The minimum atomic E-state index is -0.187. The van der Waals surface area contributed by atoms with Crippen LogP contribution < -0.4 is 5.32 Å². The van der Waals surface area contributed by atoms with Gasteiger partial charge in [-0.25, -0.2) is 4.98 Å². The summed E-state index contributed by atoms with van der Waals surface area (Å²) in [6.07, 6.45) is 0. The predicted molar refractivity (Wildman–Crippen MR) is 80.1 cm³/mol. The number of fused-ring (bicyclic) bond motifs is 1. The Bertz CT molecular complexity index is 775. The molecule has 106 valence electrons. The number of imidazole rings is 1. The van der Waals surface area contributed by atoms with Crippen LogP contribution in [0.2, 0.25) is 0 Å². The van der Waals surface area contributed by atoms with Crippen molar-refractivity contribution in [3.63, 3.8) is 0 Å². The Morgan fingerprint density at radius 3 is 2.86 bits per heavy atom. The number of carbonyl (C=O) groups is 1. The van der Waals surface area contributed by atoms with Crippen molar-refractivity contribution in [1.82, 2.24) is 15.3 Å². The number of aromatic amines is 1. The van der Waals surface area contributed by atoms with Gasteiger partial charge in [-0.3, -0.25) is 4.79 Å². The number of para-hydroxylation sites is 2. The molecule has 3 rings (SSSR count). The molecule has 1 amide bonds. The van der Waals surface area contributed by atoms with Crippen LogP contribution in [0.15, 0.2) is 42.5 Å². The van der Waals surface area contributed by atoms with Gasteiger partial charge in [0.05, 0.1) is 17.6 Å². The molecule has 5 nitrogen and oxygen atoms in total. The summed E-state index contributed by atoms with van der Waals surface area (Å²) in [7, 11) is 0. The predicted octanol–water partition coefficient (Wildman–Crippen LogP) is 2.51. The fourth-order valence-corrected chi connectivity index (χ4v) is 2.25. The van der Waals surface area contributed by atoms with Crippen molar-refractivity contribution in [3.8, 4) is 5.75 Å². The maximum absolute atomic E-state index is 12.1. The van der Waals surface area contributed by atoms with Crippen LogP contribution in [0.3, 0.4) is 0 Å². The first kappa shape index (κ1) is 13.2. The average molecular weight is 281 g/mol. The van der Waals surface area contributed by atoms with Crippen LogP contribution in [-0.2, 0) is 6.54 Å². The highest BCUT2D eigenvalue weighted by Crippen LogP contribution is 2.16. The number of H-pyrrole nitrogens is 1. The molecule has 0 radical (unpaired) electrons. The molecule has 2 aromatic carbocycles. The fraction of sp³-hybridized carbons (Fsp3) is 0.125. The van der Waals surface area contributed by atoms with Crippen molar-refractivity contribution in [2.75, 3.05) is 0 Å². The molecule has 0 atom stereocenters. The van der Waals surface area contributed by atoms with Crippen molar-refractivity contribution in [3.05, 3.63) is 59.4 Å². The quantitative estimate of drug-likeness (QED) is 0.690. The Balaban J connectivity index is 1.73. The van der Waals surface area contributed by atoms with Gasteiger partial charge in [0.1, 0.15) is 11.6 Å². The maximum atomic E-state index is 12.1. The lowest BCUT2D eigenvalue weighted by atomic mass is 10.1. The van der Waals surface area contributed by atoms with Crippen LogP contribution in [0.5, 0.6) is 5.75 Å². The first-order valence-electron chi connectivity index (χ1n) is 6.65. The van der Waals surface area contributed by atoms with Crippen molar-refractivity contribution in [2.24, 2.45) is 0 Å². The van der Waals surface area contributed by atoms with Gasteiger partial charge in [-0.15, -0.1) is 0 Å². The monoisotopic (exact) mass is 281 g/mol. The Labute approximate surface area is 121 Å². The normalized spacial score (nSPS) is 10.7. The minimum absolute atomic E-state index is 0.154. The lowest BCUT2D eigenvalue weighted by Crippen LogP contribution is -2.24. The van der Waals surface area contributed by atoms with Gasteiger partial charge in [-0.1, -0.05) is 12.1 Å². The van der Waals surface area contributed by atoms with E-state index >= 15 is 0 Å². The van der Waals surface area contributed by atoms with Crippen molar-refractivity contribution in [1.29, 1.82) is 0 Å². The number of aromatic nitrogens is 2. The summed E-state index contributed by atoms with van der Waals surface area (Å²) in [5.41, 5.74) is 3.10. The summed E-state index contributed by atoms with van der Waals surface area (Å²) in [6, 6.07) is 12.4. The number of hydrogen-bond donors (Lipinski definition) is 3. The van der Waals surface area contributed by atoms with E-state index in [0.717, 1.165) is 16.6 Å². The van der Waals surface area contributed by atoms with E-state index in [1.54, 1.807) is 19.1 Å². The smallest absolute Gasteiger partial charge is 0.251 e. The molecule has 1 heterocycles. The van der Waals surface area contributed by atoms with Crippen LogP contribution in [0, 0.1) is 6.92 Å². The van der Waals surface area contributed by atoms with Gasteiger partial charge >= 0.3 is 0 Å². The third-order valence-corrected chi connectivity index (χ3v) is 3.31. The standard InChI is InChI=1S/C16H15N3O2/c1-10-8-11(20)6-7-12(10)16(21)17-9-15-18-13-4-2-3-5-14(13)19-15/h2-8,20H,9H2,1H3,(H,17,21)(H,18,19). The molecule has 5 heteroatoms. The summed E-state index contributed by atoms with van der Waals surface area (Å²) >= 11 is 0. The number of phenolic OH excluding ortho intramolecular Hbond substituents is 1. The number of nitrogens with one attached hydrogen (secondary N) is 2. The zero-order chi connectivity index (χ0) is 14.8. The molecular formula is C16H15N3O2. The minimum Gasteiger partial charge on any atom is -0.508 e. The third kappa shape index (κ3) is 2.72. The van der Waals surface area contributed by atoms with Crippen LogP contribution in [-0.4, -0.2) is 21.0 Å². The molecule has 21 heavy (non-hydrogen) atoms. The van der Waals surface area contributed by atoms with E-state index in [2.05, 4.69) is 15.3 Å². The Kier molecular flexibility index (Phi) is 3.31. The molecule has 0 fully saturated rings. The molecule has 0 unspecified atom stereocenters. The molecule has 1 aromatic heterocycles. The molecule has 0 saturated carbocycles. The molecular weight excluding hydrogens is 266 g/mol. The maximum Gasteiger partial charge on any atom is 0.251 e. The number of aromatic hydroxyl groups is 1. The first-order valence-corrected chi connectivity index (χ1v) is 6.65. The largest absolute Gasteiger partial charge is 0.508 e. The first-order chi connectivity index (χ1) is 10.1. The number of aryl methyl sites for hydroxylation is 1. The number of carbonyl (C=O) groups excluding carboxylic acids is 1. The molecule has 0 aliphatic rings. The van der Waals surface area contributed by atoms with E-state index in [1.165, 1.54) is 6.07 Å². The van der Waals surface area contributed by atoms with Gasteiger partial charge in [0, 0.05) is 5.56 Å². The van der Waals surface area contributed by atoms with Gasteiger partial charge in [0.25, 0.3) is 5.91 Å². The summed E-state index contributed by atoms with van der Waals surface area (Å²) in [6.45, 7) is 2.11. The second-order valence-electron chi connectivity index (χ2n) is 4.88. The third-order valence-electron chi connectivity index (χ3n) is 3.31. The fourth-order valence-electron chi connectivity index (χ4n) is 2.25. The molecule has 0 saturated heterocycles. The van der Waals surface area contributed by atoms with Crippen molar-refractivity contribution >= 4 is 16.9 Å². The molecule has 0 aliphatic heterocycles. The highest BCUT2D eigenvalue weighted by molar-refractivity contribution is 5.95. The van der Waals surface area contributed by atoms with E-state index < -0.39 is 0 Å². The van der Waals surface area contributed by atoms with E-state index in [0.29, 0.717) is 17.9 Å². The van der Waals surface area contributed by atoms with E-state index in [1.807, 2.05) is 24.3 Å². The topological polar surface area (TPSA) is 78.0 Å². The van der Waals surface area contributed by atoms with E-state index in [4.69, 9.17) is 0 Å². The van der Waals surface area contributed by atoms with Crippen LogP contribution in [0.25, 0.3) is 11.0 Å². The van der Waals surface area contributed by atoms with Gasteiger partial charge in [-0.2, -0.15) is 0 Å². The van der Waals surface area contributed by atoms with Gasteiger partial charge in [0.15, 0.2) is 0 Å². The number of hydrogen-bond acceptors (Lipinski definition) is 3. The van der Waals surface area contributed by atoms with E-state index in [9.17, 15) is 9.90 Å². The Hall–Kier alpha value is -2.82. The highest BCUT2D eigenvalue weighted by atomic mass is 16.3. The second kappa shape index (κ2) is 5.28. The van der Waals surface area contributed by atoms with E-state index in [-0.39, 0.29) is 11.7 Å². The van der Waals surface area contributed by atoms with Crippen LogP contribution >= 0.6 is 0 Å². The van der Waals surface area contributed by atoms with Crippen molar-refractivity contribution in [2.45, 2.75) is 13.5 Å². The Morgan fingerprint density at radius 2 is 2.10 bits per heavy atom. The Morgan fingerprint density at radius 1 is 1.29 bits per heavy atom. The summed E-state index contributed by atoms with van der Waals surface area (Å²) in [5, 5.41) is 12.2. The van der Waals surface area contributed by atoms with Gasteiger partial charge < -0.3 is 15.4 Å². The number of nitrogens with zero attached hydrogens (tertiary/aromatic N) is 1. The SMILES string of the molecule is Cc1cc(O)ccc1C(=O)NCc1nc2ccccc2[nH]1. The lowest BCUT2D eigenvalue weighted by molar-refractivity contribution is 0.0949. The molecule has 0 aliphatic carbocycles. The number of amides is 1. The highest BCUT2D eigenvalue weighted by Gasteiger charge is 2.10. The molecule has 0 bridgehead atoms. The second-order valence-corrected chi connectivity index (χ2v) is 4.88. The van der Waals surface area contributed by atoms with Gasteiger partial charge in [-0.05, 0) is 42.8 Å². The molecule has 0 spiro atoms.